The van der Waals surface area contributed by atoms with Gasteiger partial charge in [-0.25, -0.2) is 0 Å². The lowest BCUT2D eigenvalue weighted by atomic mass is 10.2. The van der Waals surface area contributed by atoms with E-state index in [1.54, 1.807) is 0 Å². The van der Waals surface area contributed by atoms with Gasteiger partial charge in [0.1, 0.15) is 0 Å². The molecule has 0 aliphatic carbocycles. The van der Waals surface area contributed by atoms with Gasteiger partial charge in [0.15, 0.2) is 0 Å². The van der Waals surface area contributed by atoms with Crippen molar-refractivity contribution in [2.75, 3.05) is 0 Å². The Morgan fingerprint density at radius 2 is 1.44 bits per heavy atom. The predicted molar refractivity (Wildman–Crippen MR) is 90.3 cm³/mol. The smallest absolute Gasteiger partial charge is 0.0775 e. The molecular weight excluding hydrogens is 248 g/mol. The summed E-state index contributed by atoms with van der Waals surface area (Å²) in [5, 5.41) is 1.54. The zero-order valence-electron chi connectivity index (χ0n) is 12.6. The zero-order valence-corrected chi connectivity index (χ0v) is 14.6. The van der Waals surface area contributed by atoms with Crippen LogP contribution < -0.4 is 0 Å². The molecule has 0 heterocycles. The van der Waals surface area contributed by atoms with Gasteiger partial charge in [0.2, 0.25) is 0 Å². The molecule has 1 aromatic carbocycles. The van der Waals surface area contributed by atoms with Gasteiger partial charge in [-0.3, -0.25) is 0 Å². The Balaban J connectivity index is 3.08. The van der Waals surface area contributed by atoms with Gasteiger partial charge in [-0.1, -0.05) is 92.7 Å². The lowest BCUT2D eigenvalue weighted by molar-refractivity contribution is 1.62. The Hall–Kier alpha value is -0.866. The summed E-state index contributed by atoms with van der Waals surface area (Å²) >= 11 is 0. The maximum Gasteiger partial charge on any atom is 0.0775 e. The molecule has 0 aliphatic rings. The quantitative estimate of drug-likeness (QED) is 0.511. The zero-order chi connectivity index (χ0) is 13.8. The summed E-state index contributed by atoms with van der Waals surface area (Å²) in [4.78, 5) is 0. The van der Waals surface area contributed by atoms with Crippen LogP contribution in [0, 0.1) is 0 Å². The van der Waals surface area contributed by atoms with Gasteiger partial charge >= 0.3 is 0 Å². The van der Waals surface area contributed by atoms with Crippen molar-refractivity contribution in [3.05, 3.63) is 52.9 Å². The van der Waals surface area contributed by atoms with Crippen LogP contribution in [0.4, 0.5) is 0 Å². The molecule has 1 rings (SSSR count). The molecule has 0 nitrogen and oxygen atoms in total. The number of benzene rings is 1. The van der Waals surface area contributed by atoms with Crippen LogP contribution in [0.25, 0.3) is 6.08 Å². The van der Waals surface area contributed by atoms with Gasteiger partial charge in [0, 0.05) is 0 Å². The first-order chi connectivity index (χ1) is 8.18. The highest BCUT2D eigenvalue weighted by Gasteiger charge is 2.18. The fraction of sp³-hybridized carbons (Fsp3) is 0.375. The average Bonchev–Trinajstić information content (AvgIpc) is 2.22. The van der Waals surface area contributed by atoms with Crippen LogP contribution in [0.5, 0.6) is 0 Å². The molecule has 0 saturated heterocycles. The van der Waals surface area contributed by atoms with Crippen molar-refractivity contribution < 1.29 is 0 Å². The molecule has 0 fully saturated rings. The molecule has 0 spiro atoms. The summed E-state index contributed by atoms with van der Waals surface area (Å²) in [5.74, 6) is 0. The SMILES string of the molecule is C[Si](C)(C)/C=C/C(=C/c1ccccc1)[Si](C)(C)C. The number of allylic oxidation sites excluding steroid dienone is 2. The standard InChI is InChI=1S/C16H26Si2/c1-17(2,3)13-12-16(18(4,5)6)14-15-10-8-7-9-11-15/h7-14H,1-6H3/b13-12+,16-14-. The average molecular weight is 275 g/mol. The molecule has 0 unspecified atom stereocenters. The van der Waals surface area contributed by atoms with E-state index in [-0.39, 0.29) is 0 Å². The van der Waals surface area contributed by atoms with Crippen LogP contribution in [0.1, 0.15) is 5.56 Å². The first-order valence-electron chi connectivity index (χ1n) is 6.65. The van der Waals surface area contributed by atoms with Crippen molar-refractivity contribution >= 4 is 22.2 Å². The van der Waals surface area contributed by atoms with Crippen LogP contribution in [0.15, 0.2) is 47.3 Å². The maximum absolute atomic E-state index is 2.46. The van der Waals surface area contributed by atoms with Crippen LogP contribution in [-0.2, 0) is 0 Å². The van der Waals surface area contributed by atoms with E-state index >= 15 is 0 Å². The van der Waals surface area contributed by atoms with Gasteiger partial charge < -0.3 is 0 Å². The molecule has 0 amide bonds. The Labute approximate surface area is 114 Å². The first kappa shape index (κ1) is 15.2. The van der Waals surface area contributed by atoms with E-state index in [0.29, 0.717) is 0 Å². The van der Waals surface area contributed by atoms with Crippen molar-refractivity contribution in [3.8, 4) is 0 Å². The molecule has 18 heavy (non-hydrogen) atoms. The van der Waals surface area contributed by atoms with Crippen molar-refractivity contribution in [2.24, 2.45) is 0 Å². The molecular formula is C16H26Si2. The topological polar surface area (TPSA) is 0 Å². The molecule has 0 N–H and O–H groups in total. The highest BCUT2D eigenvalue weighted by Crippen LogP contribution is 2.20. The third-order valence-electron chi connectivity index (χ3n) is 2.75. The minimum atomic E-state index is -1.27. The Morgan fingerprint density at radius 1 is 0.889 bits per heavy atom. The van der Waals surface area contributed by atoms with Gasteiger partial charge in [0.25, 0.3) is 0 Å². The Kier molecular flexibility index (Phi) is 4.94. The van der Waals surface area contributed by atoms with E-state index < -0.39 is 16.1 Å². The van der Waals surface area contributed by atoms with E-state index in [1.807, 2.05) is 0 Å². The van der Waals surface area contributed by atoms with E-state index in [1.165, 1.54) is 10.8 Å². The van der Waals surface area contributed by atoms with Crippen LogP contribution in [-0.4, -0.2) is 16.1 Å². The molecule has 1 aromatic rings. The minimum Gasteiger partial charge on any atom is -0.0951 e. The van der Waals surface area contributed by atoms with Gasteiger partial charge in [0.05, 0.1) is 16.1 Å². The molecule has 0 aromatic heterocycles. The van der Waals surface area contributed by atoms with Crippen LogP contribution in [0.2, 0.25) is 39.3 Å². The van der Waals surface area contributed by atoms with Crippen molar-refractivity contribution in [1.29, 1.82) is 0 Å². The van der Waals surface area contributed by atoms with Crippen LogP contribution >= 0.6 is 0 Å². The van der Waals surface area contributed by atoms with E-state index in [2.05, 4.69) is 87.5 Å². The number of hydrogen-bond acceptors (Lipinski definition) is 0. The number of rotatable bonds is 4. The first-order valence-corrected chi connectivity index (χ1v) is 13.7. The van der Waals surface area contributed by atoms with Gasteiger partial charge in [-0.2, -0.15) is 0 Å². The molecule has 0 bridgehead atoms. The maximum atomic E-state index is 2.46. The molecule has 0 saturated carbocycles. The van der Waals surface area contributed by atoms with Crippen molar-refractivity contribution in [2.45, 2.75) is 39.3 Å². The van der Waals surface area contributed by atoms with Crippen molar-refractivity contribution in [1.82, 2.24) is 0 Å². The van der Waals surface area contributed by atoms with E-state index in [4.69, 9.17) is 0 Å². The van der Waals surface area contributed by atoms with Gasteiger partial charge in [-0.05, 0) is 5.56 Å². The summed E-state index contributed by atoms with van der Waals surface area (Å²) in [6.07, 6.45) is 4.76. The minimum absolute atomic E-state index is 1.12. The summed E-state index contributed by atoms with van der Waals surface area (Å²) in [7, 11) is -2.39. The molecule has 0 aliphatic heterocycles. The lowest BCUT2D eigenvalue weighted by Crippen LogP contribution is -2.24. The molecule has 0 radical (unpaired) electrons. The number of hydrogen-bond donors (Lipinski definition) is 0. The highest BCUT2D eigenvalue weighted by molar-refractivity contribution is 6.85. The Morgan fingerprint density at radius 3 is 1.89 bits per heavy atom. The fourth-order valence-corrected chi connectivity index (χ4v) is 3.61. The third kappa shape index (κ3) is 5.65. The fourth-order valence-electron chi connectivity index (χ4n) is 1.58. The second-order valence-electron chi connectivity index (χ2n) is 6.96. The summed E-state index contributed by atoms with van der Waals surface area (Å²) in [5.41, 5.74) is 3.77. The molecule has 0 atom stereocenters. The van der Waals surface area contributed by atoms with E-state index in [0.717, 1.165) is 0 Å². The second kappa shape index (κ2) is 5.85. The van der Waals surface area contributed by atoms with Gasteiger partial charge in [-0.15, -0.1) is 0 Å². The van der Waals surface area contributed by atoms with E-state index in [9.17, 15) is 0 Å². The summed E-state index contributed by atoms with van der Waals surface area (Å²) in [6, 6.07) is 10.7. The normalized spacial score (nSPS) is 14.2. The predicted octanol–water partition coefficient (Wildman–Crippen LogP) is 5.38. The molecule has 98 valence electrons. The Bertz CT molecular complexity index is 428. The summed E-state index contributed by atoms with van der Waals surface area (Å²) in [6.45, 7) is 14.4. The lowest BCUT2D eigenvalue weighted by Gasteiger charge is -2.19. The second-order valence-corrected chi connectivity index (χ2v) is 17.1. The summed E-state index contributed by atoms with van der Waals surface area (Å²) < 4.78 is 0. The largest absolute Gasteiger partial charge is 0.0951 e. The monoisotopic (exact) mass is 274 g/mol. The third-order valence-corrected chi connectivity index (χ3v) is 5.96. The van der Waals surface area contributed by atoms with Crippen LogP contribution in [0.3, 0.4) is 0 Å². The molecule has 2 heteroatoms. The highest BCUT2D eigenvalue weighted by atomic mass is 28.3. The van der Waals surface area contributed by atoms with Crippen molar-refractivity contribution in [3.63, 3.8) is 0 Å².